The number of ether oxygens (including phenoxy) is 2. The minimum absolute atomic E-state index is 0.0463. The summed E-state index contributed by atoms with van der Waals surface area (Å²) in [5, 5.41) is 20.0. The number of likely N-dealkylation sites (N-methyl/N-ethyl adjacent to an activating group) is 1. The van der Waals surface area contributed by atoms with Crippen LogP contribution in [-0.4, -0.2) is 92.5 Å². The molecule has 0 saturated carbocycles. The molecule has 12 heteroatoms. The number of phosphoric ester groups is 1. The number of rotatable bonds is 38. The molecule has 0 aliphatic rings. The van der Waals surface area contributed by atoms with Crippen molar-refractivity contribution in [3.8, 4) is 0 Å². The minimum Gasteiger partial charge on any atom is -0.756 e. The Morgan fingerprint density at radius 1 is 0.594 bits per heavy atom. The SMILES string of the molecule is CC/C=C\C/C=C\C/C=C\C/C=C\C/C=C\C/C=C\CCC(=O)O[C@H](COC(=O)CCC/C=C\[C@H](O)/C=C/C=C\C/C=C\C=C\[C@H](O)C/C=C\CC)COP(=O)([O-])OCC[N+](C)(C)C. The first-order valence-electron chi connectivity index (χ1n) is 22.8. The van der Waals surface area contributed by atoms with Crippen LogP contribution in [0.15, 0.2) is 146 Å². The van der Waals surface area contributed by atoms with Crippen LogP contribution in [-0.2, 0) is 32.7 Å². The van der Waals surface area contributed by atoms with Gasteiger partial charge in [0.05, 0.1) is 40.0 Å². The van der Waals surface area contributed by atoms with Crippen molar-refractivity contribution in [1.82, 2.24) is 0 Å². The summed E-state index contributed by atoms with van der Waals surface area (Å²) in [6.07, 6.45) is 54.0. The molecule has 0 fully saturated rings. The Kier molecular flexibility index (Phi) is 38.8. The number of aliphatic hydroxyl groups is 2. The molecule has 4 atom stereocenters. The van der Waals surface area contributed by atoms with E-state index in [0.29, 0.717) is 43.1 Å². The van der Waals surface area contributed by atoms with Crippen LogP contribution in [0, 0.1) is 0 Å². The third-order valence-corrected chi connectivity index (χ3v) is 9.51. The van der Waals surface area contributed by atoms with Crippen LogP contribution in [0.5, 0.6) is 0 Å². The summed E-state index contributed by atoms with van der Waals surface area (Å²) in [5.41, 5.74) is 0. The van der Waals surface area contributed by atoms with E-state index in [2.05, 4.69) is 74.6 Å². The lowest BCUT2D eigenvalue weighted by atomic mass is 10.2. The summed E-state index contributed by atoms with van der Waals surface area (Å²) < 4.78 is 33.6. The van der Waals surface area contributed by atoms with E-state index in [-0.39, 0.29) is 26.1 Å². The van der Waals surface area contributed by atoms with Crippen LogP contribution in [0.25, 0.3) is 0 Å². The Hall–Kier alpha value is -4.19. The zero-order valence-corrected chi connectivity index (χ0v) is 40.3. The van der Waals surface area contributed by atoms with Gasteiger partial charge in [-0.25, -0.2) is 0 Å². The average Bonchev–Trinajstić information content (AvgIpc) is 3.24. The standard InChI is InChI=1S/C52H80NO10P/c1-6-8-10-11-12-13-14-15-16-17-18-19-20-21-22-23-27-30-36-43-52(57)63-50(47-62-64(58,59)61-45-44-53(3,4)5)46-60-51(56)42-37-31-35-41-49(55)40-34-29-26-24-25-28-33-39-48(54)38-32-9-7-2/h8-10,12-13,15-16,18-19,21-22,25-30,32-35,39-41,48-50,54-55H,6-7,11,14,17,20,23-24,31,36-38,42-47H2,1-5H3/b10-8-,13-12-,16-15-,19-18-,22-21-,28-25-,29-26-,30-27-,32-9-,39-33+,40-34+,41-35-/t48-,49-,50-/m1/s1. The van der Waals surface area contributed by atoms with Gasteiger partial charge in [-0.3, -0.25) is 14.2 Å². The molecule has 0 aliphatic carbocycles. The van der Waals surface area contributed by atoms with Crippen LogP contribution < -0.4 is 4.89 Å². The first-order valence-corrected chi connectivity index (χ1v) is 24.2. The van der Waals surface area contributed by atoms with Gasteiger partial charge < -0.3 is 38.1 Å². The van der Waals surface area contributed by atoms with E-state index in [0.717, 1.165) is 44.9 Å². The fourth-order valence-corrected chi connectivity index (χ4v) is 5.73. The summed E-state index contributed by atoms with van der Waals surface area (Å²) in [6.45, 7) is 3.57. The lowest BCUT2D eigenvalue weighted by Crippen LogP contribution is -2.37. The molecule has 0 aromatic rings. The molecular formula is C52H80NO10P. The number of carbonyl (C=O) groups is 2. The van der Waals surface area contributed by atoms with E-state index in [9.17, 15) is 29.3 Å². The largest absolute Gasteiger partial charge is 0.756 e. The molecule has 0 rings (SSSR count). The van der Waals surface area contributed by atoms with E-state index in [4.69, 9.17) is 18.5 Å². The number of carbonyl (C=O) groups excluding carboxylic acids is 2. The fourth-order valence-electron chi connectivity index (χ4n) is 5.01. The molecule has 0 aromatic carbocycles. The van der Waals surface area contributed by atoms with Gasteiger partial charge in [-0.05, 0) is 77.0 Å². The molecule has 11 nitrogen and oxygen atoms in total. The number of unbranched alkanes of at least 4 members (excludes halogenated alkanes) is 1. The zero-order chi connectivity index (χ0) is 47.4. The van der Waals surface area contributed by atoms with Crippen molar-refractivity contribution < 1.29 is 52.3 Å². The van der Waals surface area contributed by atoms with Crippen molar-refractivity contribution >= 4 is 19.8 Å². The Morgan fingerprint density at radius 3 is 1.70 bits per heavy atom. The van der Waals surface area contributed by atoms with E-state index in [1.54, 1.807) is 30.4 Å². The summed E-state index contributed by atoms with van der Waals surface area (Å²) in [4.78, 5) is 37.6. The topological polar surface area (TPSA) is 152 Å². The average molecular weight is 910 g/mol. The second-order valence-corrected chi connectivity index (χ2v) is 17.1. The van der Waals surface area contributed by atoms with Gasteiger partial charge in [0.15, 0.2) is 6.10 Å². The number of phosphoric acid groups is 1. The third-order valence-electron chi connectivity index (χ3n) is 8.54. The van der Waals surface area contributed by atoms with Gasteiger partial charge in [-0.15, -0.1) is 0 Å². The number of hydrogen-bond acceptors (Lipinski definition) is 10. The lowest BCUT2D eigenvalue weighted by molar-refractivity contribution is -0.870. The van der Waals surface area contributed by atoms with Crippen molar-refractivity contribution in [3.63, 3.8) is 0 Å². The number of aliphatic hydroxyl groups excluding tert-OH is 2. The molecule has 358 valence electrons. The number of nitrogens with zero attached hydrogens (tertiary/aromatic N) is 1. The Labute approximate surface area is 386 Å². The maximum absolute atomic E-state index is 12.7. The number of hydrogen-bond donors (Lipinski definition) is 2. The fraction of sp³-hybridized carbons (Fsp3) is 0.500. The van der Waals surface area contributed by atoms with Gasteiger partial charge in [0.25, 0.3) is 7.82 Å². The van der Waals surface area contributed by atoms with Crippen LogP contribution in [0.4, 0.5) is 0 Å². The minimum atomic E-state index is -4.71. The molecule has 0 heterocycles. The van der Waals surface area contributed by atoms with Crippen molar-refractivity contribution in [2.75, 3.05) is 47.5 Å². The molecular weight excluding hydrogens is 830 g/mol. The molecule has 0 spiro atoms. The zero-order valence-electron chi connectivity index (χ0n) is 39.4. The van der Waals surface area contributed by atoms with Crippen molar-refractivity contribution in [1.29, 1.82) is 0 Å². The van der Waals surface area contributed by atoms with Gasteiger partial charge in [0, 0.05) is 12.8 Å². The monoisotopic (exact) mass is 910 g/mol. The first kappa shape index (κ1) is 59.8. The number of allylic oxidation sites excluding steroid dienone is 20. The molecule has 0 aromatic heterocycles. The molecule has 0 amide bonds. The molecule has 0 radical (unpaired) electrons. The Morgan fingerprint density at radius 2 is 1.12 bits per heavy atom. The van der Waals surface area contributed by atoms with Crippen molar-refractivity contribution in [2.45, 2.75) is 122 Å². The molecule has 1 unspecified atom stereocenters. The van der Waals surface area contributed by atoms with E-state index in [1.165, 1.54) is 0 Å². The number of quaternary nitrogens is 1. The van der Waals surface area contributed by atoms with E-state index < -0.39 is 44.7 Å². The Bertz CT molecular complexity index is 1620. The highest BCUT2D eigenvalue weighted by Gasteiger charge is 2.21. The van der Waals surface area contributed by atoms with Gasteiger partial charge >= 0.3 is 11.9 Å². The highest BCUT2D eigenvalue weighted by atomic mass is 31.2. The van der Waals surface area contributed by atoms with Crippen LogP contribution >= 0.6 is 7.82 Å². The molecule has 64 heavy (non-hydrogen) atoms. The van der Waals surface area contributed by atoms with Gasteiger partial charge in [-0.1, -0.05) is 160 Å². The van der Waals surface area contributed by atoms with E-state index in [1.807, 2.05) is 75.8 Å². The van der Waals surface area contributed by atoms with Gasteiger partial charge in [0.2, 0.25) is 0 Å². The second kappa shape index (κ2) is 41.5. The summed E-state index contributed by atoms with van der Waals surface area (Å²) in [6, 6.07) is 0. The molecule has 0 aliphatic heterocycles. The highest BCUT2D eigenvalue weighted by Crippen LogP contribution is 2.38. The highest BCUT2D eigenvalue weighted by molar-refractivity contribution is 7.45. The Balaban J connectivity index is 4.73. The second-order valence-electron chi connectivity index (χ2n) is 15.7. The normalized spacial score (nSPS) is 15.8. The smallest absolute Gasteiger partial charge is 0.306 e. The lowest BCUT2D eigenvalue weighted by Gasteiger charge is -2.28. The first-order chi connectivity index (χ1) is 30.8. The quantitative estimate of drug-likeness (QED) is 0.0153. The summed E-state index contributed by atoms with van der Waals surface area (Å²) in [5.74, 6) is -1.13. The van der Waals surface area contributed by atoms with Crippen molar-refractivity contribution in [3.05, 3.63) is 146 Å². The molecule has 0 bridgehead atoms. The van der Waals surface area contributed by atoms with Gasteiger partial charge in [0.1, 0.15) is 19.8 Å². The predicted octanol–water partition coefficient (Wildman–Crippen LogP) is 10.5. The summed E-state index contributed by atoms with van der Waals surface area (Å²) >= 11 is 0. The third kappa shape index (κ3) is 44.4. The molecule has 0 saturated heterocycles. The van der Waals surface area contributed by atoms with Crippen molar-refractivity contribution in [2.24, 2.45) is 0 Å². The maximum atomic E-state index is 12.7. The van der Waals surface area contributed by atoms with Crippen LogP contribution in [0.1, 0.15) is 104 Å². The summed E-state index contributed by atoms with van der Waals surface area (Å²) in [7, 11) is 0.975. The van der Waals surface area contributed by atoms with Crippen LogP contribution in [0.2, 0.25) is 0 Å². The number of esters is 2. The van der Waals surface area contributed by atoms with Gasteiger partial charge in [-0.2, -0.15) is 0 Å². The molecule has 2 N–H and O–H groups in total. The maximum Gasteiger partial charge on any atom is 0.306 e. The van der Waals surface area contributed by atoms with Crippen LogP contribution in [0.3, 0.4) is 0 Å². The van der Waals surface area contributed by atoms with E-state index >= 15 is 0 Å². The predicted molar refractivity (Wildman–Crippen MR) is 261 cm³/mol.